The molecule has 1 aromatic heterocycles. The number of hydrogen-bond acceptors (Lipinski definition) is 6. The van der Waals surface area contributed by atoms with E-state index in [0.717, 1.165) is 12.4 Å². The molecule has 2 atom stereocenters. The molecule has 2 unspecified atom stereocenters. The third kappa shape index (κ3) is 2.05. The van der Waals surface area contributed by atoms with Crippen LogP contribution >= 0.6 is 0 Å². The van der Waals surface area contributed by atoms with Gasteiger partial charge in [0.15, 0.2) is 0 Å². The van der Waals surface area contributed by atoms with E-state index in [0.29, 0.717) is 23.4 Å². The van der Waals surface area contributed by atoms with Crippen molar-refractivity contribution in [2.24, 2.45) is 11.7 Å². The first-order chi connectivity index (χ1) is 9.56. The highest BCUT2D eigenvalue weighted by Gasteiger charge is 2.28. The second-order valence-electron chi connectivity index (χ2n) is 5.20. The minimum atomic E-state index is -0.408. The number of nitrogens with zero attached hydrogens (tertiary/aromatic N) is 4. The Kier molecular flexibility index (Phi) is 2.98. The number of aromatic nitrogens is 2. The summed E-state index contributed by atoms with van der Waals surface area (Å²) in [6.07, 6.45) is 1.48. The highest BCUT2D eigenvalue weighted by molar-refractivity contribution is 5.91. The zero-order valence-electron chi connectivity index (χ0n) is 11.1. The van der Waals surface area contributed by atoms with E-state index in [4.69, 9.17) is 5.73 Å². The molecular formula is C13H15N5O2. The Morgan fingerprint density at radius 1 is 1.40 bits per heavy atom. The third-order valence-corrected chi connectivity index (χ3v) is 3.78. The maximum atomic E-state index is 10.9. The van der Waals surface area contributed by atoms with Gasteiger partial charge in [-0.2, -0.15) is 0 Å². The average Bonchev–Trinajstić information content (AvgIpc) is 2.77. The van der Waals surface area contributed by atoms with Gasteiger partial charge in [-0.1, -0.05) is 6.92 Å². The second kappa shape index (κ2) is 4.68. The van der Waals surface area contributed by atoms with Crippen molar-refractivity contribution in [3.63, 3.8) is 0 Å². The molecular weight excluding hydrogens is 258 g/mol. The van der Waals surface area contributed by atoms with Gasteiger partial charge in [0.1, 0.15) is 12.1 Å². The molecule has 104 valence electrons. The monoisotopic (exact) mass is 273 g/mol. The molecule has 3 rings (SSSR count). The zero-order valence-corrected chi connectivity index (χ0v) is 11.1. The minimum Gasteiger partial charge on any atom is -0.354 e. The summed E-state index contributed by atoms with van der Waals surface area (Å²) < 4.78 is 0. The van der Waals surface area contributed by atoms with Gasteiger partial charge < -0.3 is 10.6 Å². The minimum absolute atomic E-state index is 0.0464. The van der Waals surface area contributed by atoms with Crippen molar-refractivity contribution >= 4 is 22.4 Å². The number of benzene rings is 1. The maximum absolute atomic E-state index is 10.9. The number of anilines is 1. The summed E-state index contributed by atoms with van der Waals surface area (Å²) in [7, 11) is 0. The van der Waals surface area contributed by atoms with E-state index in [9.17, 15) is 10.1 Å². The summed E-state index contributed by atoms with van der Waals surface area (Å²) in [6.45, 7) is 3.60. The largest absolute Gasteiger partial charge is 0.354 e. The van der Waals surface area contributed by atoms with Gasteiger partial charge in [0.2, 0.25) is 0 Å². The molecule has 0 amide bonds. The molecule has 0 aliphatic carbocycles. The van der Waals surface area contributed by atoms with Crippen molar-refractivity contribution in [2.45, 2.75) is 13.0 Å². The molecule has 0 radical (unpaired) electrons. The fraction of sp³-hybridized carbons (Fsp3) is 0.385. The van der Waals surface area contributed by atoms with Gasteiger partial charge in [-0.05, 0) is 12.0 Å². The second-order valence-corrected chi connectivity index (χ2v) is 5.20. The lowest BCUT2D eigenvalue weighted by Crippen LogP contribution is -2.28. The Morgan fingerprint density at radius 2 is 2.20 bits per heavy atom. The van der Waals surface area contributed by atoms with Crippen LogP contribution in [0.3, 0.4) is 0 Å². The third-order valence-electron chi connectivity index (χ3n) is 3.78. The van der Waals surface area contributed by atoms with E-state index in [1.165, 1.54) is 18.5 Å². The highest BCUT2D eigenvalue weighted by atomic mass is 16.6. The van der Waals surface area contributed by atoms with Gasteiger partial charge in [-0.15, -0.1) is 0 Å². The van der Waals surface area contributed by atoms with Crippen LogP contribution in [0, 0.1) is 16.0 Å². The molecule has 0 saturated carbocycles. The molecule has 0 bridgehead atoms. The fourth-order valence-electron chi connectivity index (χ4n) is 2.56. The van der Waals surface area contributed by atoms with Crippen LogP contribution in [0.2, 0.25) is 0 Å². The van der Waals surface area contributed by atoms with Gasteiger partial charge >= 0.3 is 0 Å². The molecule has 2 aromatic rings. The van der Waals surface area contributed by atoms with Crippen LogP contribution in [-0.4, -0.2) is 34.0 Å². The van der Waals surface area contributed by atoms with Crippen molar-refractivity contribution in [1.82, 2.24) is 9.97 Å². The number of rotatable bonds is 2. The van der Waals surface area contributed by atoms with Crippen LogP contribution in [0.1, 0.15) is 6.92 Å². The lowest BCUT2D eigenvalue weighted by atomic mass is 10.1. The first kappa shape index (κ1) is 12.7. The van der Waals surface area contributed by atoms with Crippen LogP contribution < -0.4 is 10.6 Å². The quantitative estimate of drug-likeness (QED) is 0.654. The van der Waals surface area contributed by atoms with Crippen molar-refractivity contribution in [2.75, 3.05) is 18.0 Å². The van der Waals surface area contributed by atoms with Crippen LogP contribution in [0.15, 0.2) is 24.5 Å². The number of fused-ring (bicyclic) bond motifs is 1. The standard InChI is InChI=1S/C13H15N5O2/c1-8-5-17(6-11(8)14)13-10-4-9(18(19)20)2-3-12(10)15-7-16-13/h2-4,7-8,11H,5-6,14H2,1H3. The summed E-state index contributed by atoms with van der Waals surface area (Å²) >= 11 is 0. The first-order valence-electron chi connectivity index (χ1n) is 6.46. The van der Waals surface area contributed by atoms with Gasteiger partial charge in [-0.25, -0.2) is 9.97 Å². The fourth-order valence-corrected chi connectivity index (χ4v) is 2.56. The maximum Gasteiger partial charge on any atom is 0.270 e. The molecule has 1 aliphatic heterocycles. The molecule has 1 aromatic carbocycles. The molecule has 2 heterocycles. The number of non-ortho nitro benzene ring substituents is 1. The van der Waals surface area contributed by atoms with E-state index in [2.05, 4.69) is 21.8 Å². The molecule has 1 aliphatic rings. The highest BCUT2D eigenvalue weighted by Crippen LogP contribution is 2.29. The molecule has 1 saturated heterocycles. The Bertz CT molecular complexity index is 665. The number of nitro benzene ring substituents is 1. The van der Waals surface area contributed by atoms with Crippen molar-refractivity contribution in [3.8, 4) is 0 Å². The predicted molar refractivity (Wildman–Crippen MR) is 75.5 cm³/mol. The van der Waals surface area contributed by atoms with Crippen molar-refractivity contribution in [1.29, 1.82) is 0 Å². The normalized spacial score (nSPS) is 22.4. The zero-order chi connectivity index (χ0) is 14.3. The Labute approximate surface area is 115 Å². The average molecular weight is 273 g/mol. The van der Waals surface area contributed by atoms with Gasteiger partial charge in [0.25, 0.3) is 5.69 Å². The number of hydrogen-bond donors (Lipinski definition) is 1. The molecule has 7 nitrogen and oxygen atoms in total. The predicted octanol–water partition coefficient (Wildman–Crippen LogP) is 1.32. The summed E-state index contributed by atoms with van der Waals surface area (Å²) in [5.41, 5.74) is 6.78. The van der Waals surface area contributed by atoms with Gasteiger partial charge in [0, 0.05) is 36.7 Å². The van der Waals surface area contributed by atoms with Crippen LogP contribution in [0.25, 0.3) is 10.9 Å². The SMILES string of the molecule is CC1CN(c2ncnc3ccc([N+](=O)[O-])cc23)CC1N. The summed E-state index contributed by atoms with van der Waals surface area (Å²) in [4.78, 5) is 21.0. The smallest absolute Gasteiger partial charge is 0.270 e. The molecule has 1 fully saturated rings. The molecule has 20 heavy (non-hydrogen) atoms. The van der Waals surface area contributed by atoms with Crippen LogP contribution in [0.4, 0.5) is 11.5 Å². The van der Waals surface area contributed by atoms with Crippen molar-refractivity contribution < 1.29 is 4.92 Å². The van der Waals surface area contributed by atoms with Crippen molar-refractivity contribution in [3.05, 3.63) is 34.6 Å². The summed E-state index contributed by atoms with van der Waals surface area (Å²) in [5, 5.41) is 11.6. The molecule has 0 spiro atoms. The summed E-state index contributed by atoms with van der Waals surface area (Å²) in [5.74, 6) is 1.09. The van der Waals surface area contributed by atoms with E-state index in [-0.39, 0.29) is 11.7 Å². The van der Waals surface area contributed by atoms with Gasteiger partial charge in [0.05, 0.1) is 10.4 Å². The van der Waals surface area contributed by atoms with E-state index in [1.807, 2.05) is 0 Å². The van der Waals surface area contributed by atoms with E-state index < -0.39 is 4.92 Å². The summed E-state index contributed by atoms with van der Waals surface area (Å²) in [6, 6.07) is 4.73. The topological polar surface area (TPSA) is 98.2 Å². The molecule has 2 N–H and O–H groups in total. The number of nitro groups is 1. The Hall–Kier alpha value is -2.28. The molecule has 7 heteroatoms. The Morgan fingerprint density at radius 3 is 2.85 bits per heavy atom. The first-order valence-corrected chi connectivity index (χ1v) is 6.46. The van der Waals surface area contributed by atoms with Crippen LogP contribution in [0.5, 0.6) is 0 Å². The van der Waals surface area contributed by atoms with E-state index >= 15 is 0 Å². The Balaban J connectivity index is 2.10. The van der Waals surface area contributed by atoms with Crippen LogP contribution in [-0.2, 0) is 0 Å². The lowest BCUT2D eigenvalue weighted by molar-refractivity contribution is -0.384. The lowest BCUT2D eigenvalue weighted by Gasteiger charge is -2.18. The van der Waals surface area contributed by atoms with E-state index in [1.54, 1.807) is 6.07 Å². The number of nitrogens with two attached hydrogens (primary N) is 1. The van der Waals surface area contributed by atoms with Gasteiger partial charge in [-0.3, -0.25) is 10.1 Å².